The van der Waals surface area contributed by atoms with E-state index < -0.39 is 36.7 Å². The fraction of sp³-hybridized carbons (Fsp3) is 0.696. The molecule has 2 aliphatic heterocycles. The second kappa shape index (κ2) is 7.71. The number of carbonyl (C=O) groups is 1. The molecule has 1 unspecified atom stereocenters. The van der Waals surface area contributed by atoms with Crippen molar-refractivity contribution in [2.45, 2.75) is 80.7 Å². The Bertz CT molecular complexity index is 862. The maximum Gasteiger partial charge on any atom is 0.335 e. The van der Waals surface area contributed by atoms with Crippen molar-refractivity contribution >= 4 is 5.97 Å². The number of aliphatic carboxylic acids is 1. The zero-order chi connectivity index (χ0) is 21.9. The van der Waals surface area contributed by atoms with Crippen LogP contribution in [0.15, 0.2) is 18.2 Å². The number of nitrogens with zero attached hydrogens (tertiary/aromatic N) is 1. The first-order valence-corrected chi connectivity index (χ1v) is 11.2. The Balaban J connectivity index is 1.45. The highest BCUT2D eigenvalue weighted by atomic mass is 16.7. The van der Waals surface area contributed by atoms with E-state index in [0.717, 1.165) is 25.8 Å². The number of hydrogen-bond acceptors (Lipinski definition) is 7. The van der Waals surface area contributed by atoms with Gasteiger partial charge in [0.05, 0.1) is 0 Å². The first-order valence-electron chi connectivity index (χ1n) is 11.2. The fourth-order valence-corrected chi connectivity index (χ4v) is 6.53. The molecule has 8 heteroatoms. The normalized spacial score (nSPS) is 42.4. The molecule has 0 spiro atoms. The van der Waals surface area contributed by atoms with Gasteiger partial charge in [0.25, 0.3) is 0 Å². The number of carboxylic acid groups (broad SMARTS) is 1. The maximum absolute atomic E-state index is 11.4. The van der Waals surface area contributed by atoms with Gasteiger partial charge in [-0.05, 0) is 68.5 Å². The van der Waals surface area contributed by atoms with Crippen molar-refractivity contribution < 1.29 is 34.7 Å². The summed E-state index contributed by atoms with van der Waals surface area (Å²) in [6, 6.07) is 6.47. The third-order valence-electron chi connectivity index (χ3n) is 8.15. The van der Waals surface area contributed by atoms with Crippen molar-refractivity contribution in [2.75, 3.05) is 13.6 Å². The van der Waals surface area contributed by atoms with Crippen LogP contribution in [0.5, 0.6) is 5.75 Å². The maximum atomic E-state index is 11.4. The molecule has 31 heavy (non-hydrogen) atoms. The van der Waals surface area contributed by atoms with Crippen LogP contribution in [0, 0.1) is 5.92 Å². The number of benzene rings is 1. The Labute approximate surface area is 181 Å². The van der Waals surface area contributed by atoms with Crippen molar-refractivity contribution in [3.8, 4) is 5.75 Å². The molecule has 4 N–H and O–H groups in total. The van der Waals surface area contributed by atoms with Gasteiger partial charge in [0.2, 0.25) is 6.29 Å². The number of fused-ring (bicyclic) bond motifs is 1. The minimum Gasteiger partial charge on any atom is -0.479 e. The average Bonchev–Trinajstić information content (AvgIpc) is 2.76. The van der Waals surface area contributed by atoms with E-state index in [1.165, 1.54) is 30.4 Å². The molecule has 0 radical (unpaired) electrons. The van der Waals surface area contributed by atoms with Crippen molar-refractivity contribution in [3.05, 3.63) is 29.3 Å². The van der Waals surface area contributed by atoms with Gasteiger partial charge in [0.1, 0.15) is 24.1 Å². The molecule has 2 saturated heterocycles. The molecular formula is C23H31NO7. The molecule has 170 valence electrons. The second-order valence-corrected chi connectivity index (χ2v) is 9.68. The van der Waals surface area contributed by atoms with Crippen LogP contribution in [0.2, 0.25) is 0 Å². The van der Waals surface area contributed by atoms with Crippen LogP contribution in [0.1, 0.15) is 43.2 Å². The number of ether oxygens (including phenoxy) is 2. The van der Waals surface area contributed by atoms with Gasteiger partial charge < -0.3 is 34.8 Å². The molecule has 2 bridgehead atoms. The molecule has 2 heterocycles. The fourth-order valence-electron chi connectivity index (χ4n) is 6.53. The van der Waals surface area contributed by atoms with E-state index in [2.05, 4.69) is 18.0 Å². The van der Waals surface area contributed by atoms with E-state index in [1.807, 2.05) is 12.1 Å². The van der Waals surface area contributed by atoms with E-state index in [-0.39, 0.29) is 5.41 Å². The quantitative estimate of drug-likeness (QED) is 0.549. The average molecular weight is 434 g/mol. The number of aliphatic hydroxyl groups is 3. The predicted octanol–water partition coefficient (Wildman–Crippen LogP) is 0.646. The summed E-state index contributed by atoms with van der Waals surface area (Å²) in [4.78, 5) is 13.9. The van der Waals surface area contributed by atoms with Crippen LogP contribution in [0.25, 0.3) is 0 Å². The van der Waals surface area contributed by atoms with Gasteiger partial charge in [-0.25, -0.2) is 4.79 Å². The summed E-state index contributed by atoms with van der Waals surface area (Å²) in [6.07, 6.45) is -1.03. The topological polar surface area (TPSA) is 120 Å². The zero-order valence-corrected chi connectivity index (χ0v) is 17.7. The third-order valence-corrected chi connectivity index (χ3v) is 8.15. The molecule has 5 rings (SSSR count). The molecular weight excluding hydrogens is 402 g/mol. The van der Waals surface area contributed by atoms with Crippen LogP contribution in [-0.2, 0) is 21.4 Å². The highest BCUT2D eigenvalue weighted by Crippen LogP contribution is 2.56. The third kappa shape index (κ3) is 3.27. The van der Waals surface area contributed by atoms with Crippen molar-refractivity contribution in [2.24, 2.45) is 5.92 Å². The summed E-state index contributed by atoms with van der Waals surface area (Å²) in [5.41, 5.74) is 2.76. The SMILES string of the molecule is CN1CC[C@]23CCCCC2[C@H]1Cc1ccc(O[C@@H]2O[C@H](C(=O)O)[C@@H](O)[C@H](O)[C@H]2O)cc13. The van der Waals surface area contributed by atoms with Crippen LogP contribution < -0.4 is 4.74 Å². The van der Waals surface area contributed by atoms with Crippen molar-refractivity contribution in [3.63, 3.8) is 0 Å². The summed E-state index contributed by atoms with van der Waals surface area (Å²) in [6.45, 7) is 1.07. The Hall–Kier alpha value is -1.71. The highest BCUT2D eigenvalue weighted by Gasteiger charge is 2.53. The van der Waals surface area contributed by atoms with Gasteiger partial charge in [0, 0.05) is 11.5 Å². The number of hydrogen-bond donors (Lipinski definition) is 4. The van der Waals surface area contributed by atoms with Crippen LogP contribution in [0.3, 0.4) is 0 Å². The molecule has 8 nitrogen and oxygen atoms in total. The van der Waals surface area contributed by atoms with Gasteiger partial charge in [-0.2, -0.15) is 0 Å². The number of aliphatic hydroxyl groups excluding tert-OH is 3. The summed E-state index contributed by atoms with van der Waals surface area (Å²) in [5, 5.41) is 39.5. The molecule has 1 saturated carbocycles. The summed E-state index contributed by atoms with van der Waals surface area (Å²) in [7, 11) is 2.23. The second-order valence-electron chi connectivity index (χ2n) is 9.68. The molecule has 1 aromatic rings. The molecule has 1 aromatic carbocycles. The minimum atomic E-state index is -1.73. The van der Waals surface area contributed by atoms with E-state index in [9.17, 15) is 25.2 Å². The van der Waals surface area contributed by atoms with Crippen LogP contribution >= 0.6 is 0 Å². The molecule has 0 aromatic heterocycles. The van der Waals surface area contributed by atoms with E-state index in [1.54, 1.807) is 0 Å². The van der Waals surface area contributed by atoms with E-state index >= 15 is 0 Å². The van der Waals surface area contributed by atoms with E-state index in [4.69, 9.17) is 9.47 Å². The van der Waals surface area contributed by atoms with Gasteiger partial charge in [-0.15, -0.1) is 0 Å². The lowest BCUT2D eigenvalue weighted by molar-refractivity contribution is -0.271. The molecule has 2 aliphatic carbocycles. The van der Waals surface area contributed by atoms with Gasteiger partial charge in [0.15, 0.2) is 6.10 Å². The highest BCUT2D eigenvalue weighted by molar-refractivity contribution is 5.73. The Kier molecular flexibility index (Phi) is 5.26. The van der Waals surface area contributed by atoms with Crippen LogP contribution in [0.4, 0.5) is 0 Å². The Morgan fingerprint density at radius 1 is 1.16 bits per heavy atom. The first-order chi connectivity index (χ1) is 14.8. The number of carboxylic acids is 1. The number of rotatable bonds is 3. The van der Waals surface area contributed by atoms with E-state index in [0.29, 0.717) is 17.7 Å². The van der Waals surface area contributed by atoms with Gasteiger partial charge in [-0.1, -0.05) is 18.9 Å². The lowest BCUT2D eigenvalue weighted by Gasteiger charge is -2.58. The lowest BCUT2D eigenvalue weighted by atomic mass is 9.52. The van der Waals surface area contributed by atoms with Gasteiger partial charge in [-0.3, -0.25) is 0 Å². The molecule has 0 amide bonds. The minimum absolute atomic E-state index is 0.133. The molecule has 3 fully saturated rings. The lowest BCUT2D eigenvalue weighted by Crippen LogP contribution is -2.61. The van der Waals surface area contributed by atoms with Crippen molar-refractivity contribution in [1.82, 2.24) is 4.90 Å². The molecule has 8 atom stereocenters. The first kappa shape index (κ1) is 21.2. The smallest absolute Gasteiger partial charge is 0.335 e. The monoisotopic (exact) mass is 433 g/mol. The summed E-state index contributed by atoms with van der Waals surface area (Å²) >= 11 is 0. The zero-order valence-electron chi connectivity index (χ0n) is 17.7. The van der Waals surface area contributed by atoms with Crippen molar-refractivity contribution in [1.29, 1.82) is 0 Å². The predicted molar refractivity (Wildman–Crippen MR) is 110 cm³/mol. The summed E-state index contributed by atoms with van der Waals surface area (Å²) in [5.74, 6) is -0.321. The Morgan fingerprint density at radius 2 is 1.97 bits per heavy atom. The van der Waals surface area contributed by atoms with Crippen LogP contribution in [-0.4, -0.2) is 81.6 Å². The number of likely N-dealkylation sites (N-methyl/N-ethyl adjacent to an activating group) is 1. The number of likely N-dealkylation sites (tertiary alicyclic amines) is 1. The van der Waals surface area contributed by atoms with Gasteiger partial charge >= 0.3 is 5.97 Å². The summed E-state index contributed by atoms with van der Waals surface area (Å²) < 4.78 is 11.2. The largest absolute Gasteiger partial charge is 0.479 e. The Morgan fingerprint density at radius 3 is 2.74 bits per heavy atom. The number of piperidine rings is 1. The standard InChI is InChI=1S/C23H31NO7/c1-24-9-8-23-7-3-2-4-14(23)16(24)10-12-5-6-13(11-15(12)23)30-22-19(27)17(25)18(26)20(31-22)21(28)29/h5-6,11,14,16-20,22,25-27H,2-4,7-10H2,1H3,(H,28,29)/t14?,16-,17+,18+,19-,20+,22-,23-/m1/s1. The molecule has 4 aliphatic rings.